The van der Waals surface area contributed by atoms with Crippen molar-refractivity contribution in [2.75, 3.05) is 7.05 Å². The summed E-state index contributed by atoms with van der Waals surface area (Å²) in [5.74, 6) is 0. The average molecular weight is 208 g/mol. The Balaban J connectivity index is 4.14. The molecule has 0 saturated heterocycles. The molecule has 0 fully saturated rings. The van der Waals surface area contributed by atoms with Crippen molar-refractivity contribution in [1.82, 2.24) is 10.6 Å². The highest BCUT2D eigenvalue weighted by molar-refractivity contribution is 5.10. The Hall–Kier alpha value is -1.02. The fourth-order valence-electron chi connectivity index (χ4n) is 1.28. The fourth-order valence-corrected chi connectivity index (χ4v) is 1.28. The van der Waals surface area contributed by atoms with Crippen molar-refractivity contribution in [2.24, 2.45) is 0 Å². The van der Waals surface area contributed by atoms with Crippen LogP contribution in [0.15, 0.2) is 37.1 Å². The smallest absolute Gasteiger partial charge is 0.0464 e. The van der Waals surface area contributed by atoms with Crippen LogP contribution in [0.2, 0.25) is 0 Å². The minimum absolute atomic E-state index is 0.275. The first-order valence-electron chi connectivity index (χ1n) is 5.41. The second kappa shape index (κ2) is 7.30. The Labute approximate surface area is 94.1 Å². The van der Waals surface area contributed by atoms with Gasteiger partial charge in [-0.05, 0) is 33.7 Å². The summed E-state index contributed by atoms with van der Waals surface area (Å²) in [5.41, 5.74) is 2.14. The molecule has 0 aliphatic heterocycles. The van der Waals surface area contributed by atoms with Gasteiger partial charge in [0.2, 0.25) is 0 Å². The molecule has 2 nitrogen and oxygen atoms in total. The van der Waals surface area contributed by atoms with E-state index in [1.807, 2.05) is 20.0 Å². The van der Waals surface area contributed by atoms with Gasteiger partial charge in [-0.15, -0.1) is 6.58 Å². The van der Waals surface area contributed by atoms with E-state index in [0.29, 0.717) is 6.04 Å². The van der Waals surface area contributed by atoms with Gasteiger partial charge in [0.05, 0.1) is 0 Å². The van der Waals surface area contributed by atoms with Crippen LogP contribution >= 0.6 is 0 Å². The zero-order chi connectivity index (χ0) is 11.8. The highest BCUT2D eigenvalue weighted by Gasteiger charge is 2.11. The molecule has 0 aliphatic rings. The average Bonchev–Trinajstić information content (AvgIpc) is 2.18. The van der Waals surface area contributed by atoms with Gasteiger partial charge in [-0.3, -0.25) is 0 Å². The third-order valence-electron chi connectivity index (χ3n) is 2.57. The Kier molecular flexibility index (Phi) is 6.80. The third kappa shape index (κ3) is 5.43. The van der Waals surface area contributed by atoms with Gasteiger partial charge in [0.1, 0.15) is 0 Å². The van der Waals surface area contributed by atoms with E-state index in [2.05, 4.69) is 37.3 Å². The molecule has 0 radical (unpaired) electrons. The molecule has 0 bridgehead atoms. The molecule has 2 atom stereocenters. The normalized spacial score (nSPS) is 14.1. The Morgan fingerprint density at radius 2 is 2.00 bits per heavy atom. The topological polar surface area (TPSA) is 24.1 Å². The Morgan fingerprint density at radius 1 is 1.40 bits per heavy atom. The lowest BCUT2D eigenvalue weighted by Crippen LogP contribution is -2.37. The van der Waals surface area contributed by atoms with E-state index in [-0.39, 0.29) is 6.04 Å². The van der Waals surface area contributed by atoms with Gasteiger partial charge in [0.15, 0.2) is 0 Å². The van der Waals surface area contributed by atoms with Crippen molar-refractivity contribution < 1.29 is 0 Å². The van der Waals surface area contributed by atoms with E-state index in [1.165, 1.54) is 0 Å². The van der Waals surface area contributed by atoms with Gasteiger partial charge in [0, 0.05) is 17.8 Å². The summed E-state index contributed by atoms with van der Waals surface area (Å²) in [7, 11) is 1.95. The van der Waals surface area contributed by atoms with Crippen molar-refractivity contribution >= 4 is 0 Å². The van der Waals surface area contributed by atoms with E-state index >= 15 is 0 Å². The molecule has 0 heterocycles. The maximum absolute atomic E-state index is 4.05. The van der Waals surface area contributed by atoms with Crippen LogP contribution in [0.5, 0.6) is 0 Å². The zero-order valence-corrected chi connectivity index (χ0v) is 10.3. The summed E-state index contributed by atoms with van der Waals surface area (Å²) in [6, 6.07) is 0.571. The molecule has 0 saturated carbocycles. The fraction of sp³-hybridized carbons (Fsp3) is 0.538. The lowest BCUT2D eigenvalue weighted by molar-refractivity contribution is 0.535. The van der Waals surface area contributed by atoms with Crippen LogP contribution in [0.3, 0.4) is 0 Å². The molecule has 15 heavy (non-hydrogen) atoms. The highest BCUT2D eigenvalue weighted by Crippen LogP contribution is 2.07. The maximum atomic E-state index is 4.05. The first-order valence-corrected chi connectivity index (χ1v) is 5.41. The van der Waals surface area contributed by atoms with Crippen LogP contribution in [0.4, 0.5) is 0 Å². The number of hydrogen-bond donors (Lipinski definition) is 2. The summed E-state index contributed by atoms with van der Waals surface area (Å²) in [4.78, 5) is 0. The summed E-state index contributed by atoms with van der Waals surface area (Å²) in [6.07, 6.45) is 3.95. The van der Waals surface area contributed by atoms with Crippen LogP contribution in [-0.2, 0) is 0 Å². The molecular weight excluding hydrogens is 184 g/mol. The van der Waals surface area contributed by atoms with Gasteiger partial charge in [-0.1, -0.05) is 24.8 Å². The van der Waals surface area contributed by atoms with E-state index in [9.17, 15) is 0 Å². The predicted molar refractivity (Wildman–Crippen MR) is 68.8 cm³/mol. The summed E-state index contributed by atoms with van der Waals surface area (Å²) < 4.78 is 0. The van der Waals surface area contributed by atoms with E-state index in [4.69, 9.17) is 0 Å². The lowest BCUT2D eigenvalue weighted by atomic mass is 10.1. The quantitative estimate of drug-likeness (QED) is 0.599. The minimum atomic E-state index is 0.275. The Bertz CT molecular complexity index is 231. The van der Waals surface area contributed by atoms with Gasteiger partial charge in [0.25, 0.3) is 0 Å². The molecule has 86 valence electrons. The molecule has 0 aliphatic carbocycles. The number of likely N-dealkylation sites (N-methyl/N-ethyl adjacent to an activating group) is 1. The SMILES string of the molecule is C=CCCC(NC)C(=C)NC(C)C(=C)C. The van der Waals surface area contributed by atoms with Crippen LogP contribution < -0.4 is 10.6 Å². The molecule has 2 N–H and O–H groups in total. The molecule has 2 unspecified atom stereocenters. The van der Waals surface area contributed by atoms with Gasteiger partial charge in [-0.2, -0.15) is 0 Å². The van der Waals surface area contributed by atoms with Crippen molar-refractivity contribution in [1.29, 1.82) is 0 Å². The highest BCUT2D eigenvalue weighted by atomic mass is 15.0. The van der Waals surface area contributed by atoms with Crippen molar-refractivity contribution in [3.63, 3.8) is 0 Å². The molecule has 0 aromatic carbocycles. The second-order valence-electron chi connectivity index (χ2n) is 3.94. The molecule has 0 aromatic rings. The van der Waals surface area contributed by atoms with Crippen LogP contribution in [0.25, 0.3) is 0 Å². The largest absolute Gasteiger partial charge is 0.381 e. The lowest BCUT2D eigenvalue weighted by Gasteiger charge is -2.24. The standard InChI is InChI=1S/C13H24N2/c1-7-8-9-13(14-6)12(5)15-11(4)10(2)3/h7,11,13-15H,1-2,5,8-9H2,3-4,6H3. The zero-order valence-electron chi connectivity index (χ0n) is 10.3. The molecule has 2 heteroatoms. The predicted octanol–water partition coefficient (Wildman–Crippen LogP) is 2.61. The third-order valence-corrected chi connectivity index (χ3v) is 2.57. The monoisotopic (exact) mass is 208 g/mol. The van der Waals surface area contributed by atoms with Gasteiger partial charge in [-0.25, -0.2) is 0 Å². The summed E-state index contributed by atoms with van der Waals surface area (Å²) in [6.45, 7) is 15.8. The van der Waals surface area contributed by atoms with E-state index in [1.54, 1.807) is 0 Å². The number of hydrogen-bond acceptors (Lipinski definition) is 2. The van der Waals surface area contributed by atoms with Gasteiger partial charge < -0.3 is 10.6 Å². The van der Waals surface area contributed by atoms with Gasteiger partial charge >= 0.3 is 0 Å². The maximum Gasteiger partial charge on any atom is 0.0464 e. The molecular formula is C13H24N2. The van der Waals surface area contributed by atoms with Crippen LogP contribution in [0.1, 0.15) is 26.7 Å². The number of nitrogens with one attached hydrogen (secondary N) is 2. The van der Waals surface area contributed by atoms with Crippen LogP contribution in [-0.4, -0.2) is 19.1 Å². The molecule has 0 aromatic heterocycles. The summed E-state index contributed by atoms with van der Waals surface area (Å²) >= 11 is 0. The minimum Gasteiger partial charge on any atom is -0.381 e. The van der Waals surface area contributed by atoms with E-state index in [0.717, 1.165) is 24.1 Å². The van der Waals surface area contributed by atoms with Crippen LogP contribution in [0, 0.1) is 0 Å². The number of rotatable bonds is 8. The van der Waals surface area contributed by atoms with Crippen molar-refractivity contribution in [3.05, 3.63) is 37.1 Å². The molecule has 0 spiro atoms. The number of allylic oxidation sites excluding steroid dienone is 1. The molecule has 0 rings (SSSR count). The second-order valence-corrected chi connectivity index (χ2v) is 3.94. The van der Waals surface area contributed by atoms with Crippen molar-refractivity contribution in [2.45, 2.75) is 38.8 Å². The first kappa shape index (κ1) is 14.0. The van der Waals surface area contributed by atoms with Crippen molar-refractivity contribution in [3.8, 4) is 0 Å². The summed E-state index contributed by atoms with van der Waals surface area (Å²) in [5, 5.41) is 6.59. The molecule has 0 amide bonds. The Morgan fingerprint density at radius 3 is 2.40 bits per heavy atom. The first-order chi connectivity index (χ1) is 7.02. The van der Waals surface area contributed by atoms with E-state index < -0.39 is 0 Å².